The molecule has 4 heteroatoms. The topological polar surface area (TPSA) is 63.8 Å². The number of nitrogens with zero attached hydrogens (tertiary/aromatic N) is 2. The standard InChI is InChI=1S/C11H18N4/c12-5-6-13-11-7-10(14-8-15-11)9-3-1-2-4-9/h7-9H,1-6,12H2,(H,13,14,15). The number of nitrogens with two attached hydrogens (primary N) is 1. The van der Waals surface area contributed by atoms with Crippen molar-refractivity contribution in [3.8, 4) is 0 Å². The van der Waals surface area contributed by atoms with Crippen molar-refractivity contribution >= 4 is 5.82 Å². The molecule has 0 saturated heterocycles. The number of nitrogens with one attached hydrogen (secondary N) is 1. The summed E-state index contributed by atoms with van der Waals surface area (Å²) in [6, 6.07) is 2.06. The van der Waals surface area contributed by atoms with Gasteiger partial charge in [-0.2, -0.15) is 0 Å². The first-order chi connectivity index (χ1) is 7.40. The van der Waals surface area contributed by atoms with Gasteiger partial charge in [-0.25, -0.2) is 9.97 Å². The molecule has 1 fully saturated rings. The van der Waals surface area contributed by atoms with Crippen molar-refractivity contribution in [1.29, 1.82) is 0 Å². The smallest absolute Gasteiger partial charge is 0.129 e. The molecule has 0 aliphatic heterocycles. The second-order valence-corrected chi connectivity index (χ2v) is 4.02. The summed E-state index contributed by atoms with van der Waals surface area (Å²) in [6.07, 6.45) is 6.85. The molecule has 1 aromatic heterocycles. The molecule has 4 nitrogen and oxygen atoms in total. The molecule has 1 aromatic rings. The number of hydrogen-bond donors (Lipinski definition) is 2. The molecule has 0 spiro atoms. The van der Waals surface area contributed by atoms with E-state index in [1.165, 1.54) is 31.4 Å². The Morgan fingerprint density at radius 1 is 1.33 bits per heavy atom. The van der Waals surface area contributed by atoms with Crippen molar-refractivity contribution in [1.82, 2.24) is 9.97 Å². The van der Waals surface area contributed by atoms with Crippen LogP contribution in [-0.4, -0.2) is 23.1 Å². The van der Waals surface area contributed by atoms with Crippen molar-refractivity contribution in [2.75, 3.05) is 18.4 Å². The Hall–Kier alpha value is -1.16. The van der Waals surface area contributed by atoms with Crippen molar-refractivity contribution in [2.45, 2.75) is 31.6 Å². The SMILES string of the molecule is NCCNc1cc(C2CCCC2)ncn1. The number of hydrogen-bond acceptors (Lipinski definition) is 4. The van der Waals surface area contributed by atoms with Crippen LogP contribution in [0.2, 0.25) is 0 Å². The predicted molar refractivity (Wildman–Crippen MR) is 60.8 cm³/mol. The first-order valence-electron chi connectivity index (χ1n) is 5.66. The Balaban J connectivity index is 2.04. The average molecular weight is 206 g/mol. The second-order valence-electron chi connectivity index (χ2n) is 4.02. The summed E-state index contributed by atoms with van der Waals surface area (Å²) in [5.41, 5.74) is 6.61. The number of aromatic nitrogens is 2. The molecule has 0 atom stereocenters. The van der Waals surface area contributed by atoms with Crippen LogP contribution in [0.4, 0.5) is 5.82 Å². The van der Waals surface area contributed by atoms with Gasteiger partial charge in [-0.3, -0.25) is 0 Å². The highest BCUT2D eigenvalue weighted by Gasteiger charge is 2.18. The highest BCUT2D eigenvalue weighted by molar-refractivity contribution is 5.35. The maximum absolute atomic E-state index is 5.43. The molecule has 1 saturated carbocycles. The molecule has 15 heavy (non-hydrogen) atoms. The fourth-order valence-corrected chi connectivity index (χ4v) is 2.11. The van der Waals surface area contributed by atoms with Crippen LogP contribution in [0, 0.1) is 0 Å². The van der Waals surface area contributed by atoms with Gasteiger partial charge in [0.15, 0.2) is 0 Å². The minimum absolute atomic E-state index is 0.628. The van der Waals surface area contributed by atoms with Gasteiger partial charge < -0.3 is 11.1 Å². The monoisotopic (exact) mass is 206 g/mol. The van der Waals surface area contributed by atoms with Crippen molar-refractivity contribution in [2.24, 2.45) is 5.73 Å². The molecule has 0 radical (unpaired) electrons. The summed E-state index contributed by atoms with van der Waals surface area (Å²) in [5.74, 6) is 1.55. The van der Waals surface area contributed by atoms with E-state index in [0.29, 0.717) is 12.5 Å². The van der Waals surface area contributed by atoms with Gasteiger partial charge in [0.2, 0.25) is 0 Å². The van der Waals surface area contributed by atoms with Gasteiger partial charge in [0.1, 0.15) is 12.1 Å². The van der Waals surface area contributed by atoms with E-state index in [4.69, 9.17) is 5.73 Å². The maximum Gasteiger partial charge on any atom is 0.129 e. The lowest BCUT2D eigenvalue weighted by molar-refractivity contribution is 0.694. The quantitative estimate of drug-likeness (QED) is 0.783. The second kappa shape index (κ2) is 5.07. The molecule has 1 aliphatic carbocycles. The van der Waals surface area contributed by atoms with E-state index in [1.54, 1.807) is 6.33 Å². The first-order valence-corrected chi connectivity index (χ1v) is 5.66. The number of anilines is 1. The van der Waals surface area contributed by atoms with Crippen molar-refractivity contribution in [3.63, 3.8) is 0 Å². The molecular formula is C11H18N4. The van der Waals surface area contributed by atoms with E-state index in [2.05, 4.69) is 21.4 Å². The highest BCUT2D eigenvalue weighted by Crippen LogP contribution is 2.33. The largest absolute Gasteiger partial charge is 0.369 e. The molecule has 0 unspecified atom stereocenters. The summed E-state index contributed by atoms with van der Waals surface area (Å²) in [4.78, 5) is 8.52. The molecular weight excluding hydrogens is 188 g/mol. The van der Waals surface area contributed by atoms with Gasteiger partial charge in [-0.1, -0.05) is 12.8 Å². The van der Waals surface area contributed by atoms with E-state index in [1.807, 2.05) is 0 Å². The van der Waals surface area contributed by atoms with Crippen LogP contribution in [0.25, 0.3) is 0 Å². The Labute approximate surface area is 90.3 Å². The zero-order valence-corrected chi connectivity index (χ0v) is 8.95. The Morgan fingerprint density at radius 3 is 2.87 bits per heavy atom. The van der Waals surface area contributed by atoms with Crippen molar-refractivity contribution in [3.05, 3.63) is 18.1 Å². The van der Waals surface area contributed by atoms with E-state index in [0.717, 1.165) is 12.4 Å². The van der Waals surface area contributed by atoms with Crippen LogP contribution < -0.4 is 11.1 Å². The average Bonchev–Trinajstić information content (AvgIpc) is 2.80. The summed E-state index contributed by atoms with van der Waals surface area (Å²) in [5, 5.41) is 3.18. The van der Waals surface area contributed by atoms with Gasteiger partial charge in [-0.15, -0.1) is 0 Å². The van der Waals surface area contributed by atoms with E-state index >= 15 is 0 Å². The van der Waals surface area contributed by atoms with E-state index in [-0.39, 0.29) is 0 Å². The van der Waals surface area contributed by atoms with E-state index < -0.39 is 0 Å². The predicted octanol–water partition coefficient (Wildman–Crippen LogP) is 1.50. The van der Waals surface area contributed by atoms with Gasteiger partial charge >= 0.3 is 0 Å². The van der Waals surface area contributed by atoms with Crippen LogP contribution in [0.15, 0.2) is 12.4 Å². The lowest BCUT2D eigenvalue weighted by atomic mass is 10.0. The van der Waals surface area contributed by atoms with E-state index in [9.17, 15) is 0 Å². The van der Waals surface area contributed by atoms with Gasteiger partial charge in [0.25, 0.3) is 0 Å². The maximum atomic E-state index is 5.43. The molecule has 82 valence electrons. The summed E-state index contributed by atoms with van der Waals surface area (Å²) in [7, 11) is 0. The third-order valence-corrected chi connectivity index (χ3v) is 2.91. The van der Waals surface area contributed by atoms with Crippen molar-refractivity contribution < 1.29 is 0 Å². The molecule has 0 bridgehead atoms. The molecule has 0 aromatic carbocycles. The molecule has 3 N–H and O–H groups in total. The molecule has 1 aliphatic rings. The first kappa shape index (κ1) is 10.4. The third-order valence-electron chi connectivity index (χ3n) is 2.91. The van der Waals surface area contributed by atoms with Gasteiger partial charge in [-0.05, 0) is 12.8 Å². The fourth-order valence-electron chi connectivity index (χ4n) is 2.11. The van der Waals surface area contributed by atoms with Crippen LogP contribution in [0.3, 0.4) is 0 Å². The summed E-state index contributed by atoms with van der Waals surface area (Å²) in [6.45, 7) is 1.39. The lowest BCUT2D eigenvalue weighted by Crippen LogP contribution is -2.14. The molecule has 0 amide bonds. The summed E-state index contributed by atoms with van der Waals surface area (Å²) < 4.78 is 0. The normalized spacial score (nSPS) is 16.9. The van der Waals surface area contributed by atoms with Gasteiger partial charge in [0.05, 0.1) is 0 Å². The molecule has 2 rings (SSSR count). The zero-order chi connectivity index (χ0) is 10.5. The van der Waals surface area contributed by atoms with Crippen LogP contribution in [0.1, 0.15) is 37.3 Å². The fraction of sp³-hybridized carbons (Fsp3) is 0.636. The minimum atomic E-state index is 0.628. The van der Waals surface area contributed by atoms with Gasteiger partial charge in [0, 0.05) is 30.8 Å². The zero-order valence-electron chi connectivity index (χ0n) is 8.95. The Morgan fingerprint density at radius 2 is 2.13 bits per heavy atom. The summed E-state index contributed by atoms with van der Waals surface area (Å²) >= 11 is 0. The Kier molecular flexibility index (Phi) is 3.50. The third kappa shape index (κ3) is 2.65. The lowest BCUT2D eigenvalue weighted by Gasteiger charge is -2.10. The highest BCUT2D eigenvalue weighted by atomic mass is 15.0. The van der Waals surface area contributed by atoms with Crippen LogP contribution in [0.5, 0.6) is 0 Å². The van der Waals surface area contributed by atoms with Crippen LogP contribution >= 0.6 is 0 Å². The van der Waals surface area contributed by atoms with Crippen LogP contribution in [-0.2, 0) is 0 Å². The minimum Gasteiger partial charge on any atom is -0.369 e. The molecule has 1 heterocycles. The number of rotatable bonds is 4. The Bertz CT molecular complexity index is 307.